The third-order valence-corrected chi connectivity index (χ3v) is 6.02. The average Bonchev–Trinajstić information content (AvgIpc) is 3.46. The number of hydrogen-bond donors (Lipinski definition) is 0. The van der Waals surface area contributed by atoms with Crippen molar-refractivity contribution in [1.29, 1.82) is 0 Å². The van der Waals surface area contributed by atoms with Crippen molar-refractivity contribution in [1.82, 2.24) is 14.5 Å². The first-order chi connectivity index (χ1) is 15.2. The van der Waals surface area contributed by atoms with Crippen LogP contribution < -0.4 is 14.4 Å². The van der Waals surface area contributed by atoms with Gasteiger partial charge in [-0.3, -0.25) is 9.69 Å². The zero-order valence-electron chi connectivity index (χ0n) is 17.3. The zero-order chi connectivity index (χ0) is 21.6. The lowest BCUT2D eigenvalue weighted by atomic mass is 10.3. The van der Waals surface area contributed by atoms with Crippen molar-refractivity contribution in [2.45, 2.75) is 13.0 Å². The maximum absolute atomic E-state index is 13.1. The Morgan fingerprint density at radius 2 is 2.00 bits per heavy atom. The van der Waals surface area contributed by atoms with Crippen LogP contribution in [0.15, 0.2) is 61.2 Å². The minimum Gasteiger partial charge on any atom is -0.493 e. The standard InChI is InChI=1S/C22H21ClN4O3S.ClH/c1-29-17-7-2-3-8-18(17)30-14-20(28)27(12-5-11-26-13-10-24-15-26)22-25-21-16(23)6-4-9-19(21)31-22;/h2-4,6-10,13,15H,5,11-12,14H2,1H3;1H. The molecule has 7 nitrogen and oxygen atoms in total. The largest absolute Gasteiger partial charge is 0.493 e. The molecule has 0 saturated heterocycles. The van der Waals surface area contributed by atoms with Gasteiger partial charge in [0.2, 0.25) is 0 Å². The number of fused-ring (bicyclic) bond motifs is 1. The van der Waals surface area contributed by atoms with Crippen LogP contribution in [-0.2, 0) is 11.3 Å². The van der Waals surface area contributed by atoms with E-state index in [1.807, 2.05) is 35.0 Å². The first-order valence-corrected chi connectivity index (χ1v) is 10.9. The number of benzene rings is 2. The van der Waals surface area contributed by atoms with Crippen molar-refractivity contribution in [3.63, 3.8) is 0 Å². The summed E-state index contributed by atoms with van der Waals surface area (Å²) in [5, 5.41) is 1.17. The minimum absolute atomic E-state index is 0. The van der Waals surface area contributed by atoms with Crippen LogP contribution in [0.3, 0.4) is 0 Å². The lowest BCUT2D eigenvalue weighted by molar-refractivity contribution is -0.120. The van der Waals surface area contributed by atoms with E-state index in [0.29, 0.717) is 33.7 Å². The van der Waals surface area contributed by atoms with Crippen LogP contribution in [0.4, 0.5) is 5.13 Å². The number of thiazole rings is 1. The highest BCUT2D eigenvalue weighted by Crippen LogP contribution is 2.33. The molecule has 0 aliphatic heterocycles. The number of amides is 1. The quantitative estimate of drug-likeness (QED) is 0.325. The summed E-state index contributed by atoms with van der Waals surface area (Å²) in [6.07, 6.45) is 6.13. The molecular weight excluding hydrogens is 471 g/mol. The number of rotatable bonds is 9. The summed E-state index contributed by atoms with van der Waals surface area (Å²) in [4.78, 5) is 23.5. The van der Waals surface area contributed by atoms with E-state index in [-0.39, 0.29) is 24.9 Å². The molecular formula is C22H22Cl2N4O3S. The lowest BCUT2D eigenvalue weighted by Gasteiger charge is -2.20. The monoisotopic (exact) mass is 492 g/mol. The number of aromatic nitrogens is 3. The number of aryl methyl sites for hydroxylation is 1. The minimum atomic E-state index is -0.188. The molecule has 0 N–H and O–H groups in total. The first-order valence-electron chi connectivity index (χ1n) is 9.72. The number of halogens is 2. The number of ether oxygens (including phenoxy) is 2. The van der Waals surface area contributed by atoms with Crippen LogP contribution in [0.5, 0.6) is 11.5 Å². The smallest absolute Gasteiger partial charge is 0.266 e. The number of para-hydroxylation sites is 3. The number of imidazole rings is 1. The zero-order valence-corrected chi connectivity index (χ0v) is 19.7. The normalized spacial score (nSPS) is 10.6. The molecule has 2 heterocycles. The van der Waals surface area contributed by atoms with E-state index in [4.69, 9.17) is 21.1 Å². The molecule has 10 heteroatoms. The third-order valence-electron chi connectivity index (χ3n) is 4.67. The molecule has 0 unspecified atom stereocenters. The number of hydrogen-bond acceptors (Lipinski definition) is 6. The van der Waals surface area contributed by atoms with Crippen LogP contribution in [0, 0.1) is 0 Å². The van der Waals surface area contributed by atoms with Crippen LogP contribution >= 0.6 is 35.3 Å². The van der Waals surface area contributed by atoms with Crippen molar-refractivity contribution in [3.05, 3.63) is 66.2 Å². The Balaban J connectivity index is 0.00000289. The van der Waals surface area contributed by atoms with Crippen LogP contribution in [-0.4, -0.2) is 40.7 Å². The molecule has 2 aromatic heterocycles. The molecule has 0 aliphatic rings. The molecule has 32 heavy (non-hydrogen) atoms. The second-order valence-electron chi connectivity index (χ2n) is 6.72. The fraction of sp³-hybridized carbons (Fsp3) is 0.227. The first kappa shape index (κ1) is 23.8. The summed E-state index contributed by atoms with van der Waals surface area (Å²) in [5.41, 5.74) is 0.697. The number of methoxy groups -OCH3 is 1. The fourth-order valence-corrected chi connectivity index (χ4v) is 4.44. The number of carbonyl (C=O) groups is 1. The molecule has 2 aromatic carbocycles. The lowest BCUT2D eigenvalue weighted by Crippen LogP contribution is -2.36. The van der Waals surface area contributed by atoms with Crippen LogP contribution in [0.25, 0.3) is 10.2 Å². The van der Waals surface area contributed by atoms with Crippen LogP contribution in [0.2, 0.25) is 5.02 Å². The Morgan fingerprint density at radius 3 is 2.72 bits per heavy atom. The Hall–Kier alpha value is -2.81. The molecule has 4 aromatic rings. The summed E-state index contributed by atoms with van der Waals surface area (Å²) < 4.78 is 14.0. The van der Waals surface area contributed by atoms with Gasteiger partial charge in [-0.15, -0.1) is 12.4 Å². The summed E-state index contributed by atoms with van der Waals surface area (Å²) in [5.74, 6) is 0.907. The molecule has 0 bridgehead atoms. The van der Waals surface area contributed by atoms with E-state index in [1.54, 1.807) is 42.7 Å². The topological polar surface area (TPSA) is 69.5 Å². The van der Waals surface area contributed by atoms with Crippen molar-refractivity contribution in [2.75, 3.05) is 25.2 Å². The molecule has 168 valence electrons. The van der Waals surface area contributed by atoms with E-state index >= 15 is 0 Å². The summed E-state index contributed by atoms with van der Waals surface area (Å²) in [6.45, 7) is 1.10. The summed E-state index contributed by atoms with van der Waals surface area (Å²) in [7, 11) is 1.57. The van der Waals surface area contributed by atoms with E-state index in [0.717, 1.165) is 17.7 Å². The fourth-order valence-electron chi connectivity index (χ4n) is 3.13. The molecule has 0 fully saturated rings. The van der Waals surface area contributed by atoms with Crippen LogP contribution in [0.1, 0.15) is 6.42 Å². The van der Waals surface area contributed by atoms with Gasteiger partial charge in [0, 0.05) is 25.5 Å². The third kappa shape index (κ3) is 5.51. The van der Waals surface area contributed by atoms with Gasteiger partial charge < -0.3 is 14.0 Å². The molecule has 4 rings (SSSR count). The second kappa shape index (κ2) is 11.2. The highest BCUT2D eigenvalue weighted by Gasteiger charge is 2.21. The van der Waals surface area contributed by atoms with Gasteiger partial charge >= 0.3 is 0 Å². The van der Waals surface area contributed by atoms with Gasteiger partial charge in [-0.2, -0.15) is 0 Å². The maximum Gasteiger partial charge on any atom is 0.266 e. The number of nitrogens with zero attached hydrogens (tertiary/aromatic N) is 4. The van der Waals surface area contributed by atoms with Gasteiger partial charge in [-0.1, -0.05) is 41.1 Å². The summed E-state index contributed by atoms with van der Waals surface area (Å²) in [6, 6.07) is 12.9. The number of carbonyl (C=O) groups excluding carboxylic acids is 1. The van der Waals surface area contributed by atoms with E-state index in [1.165, 1.54) is 11.3 Å². The summed E-state index contributed by atoms with van der Waals surface area (Å²) >= 11 is 7.73. The molecule has 1 amide bonds. The predicted octanol–water partition coefficient (Wildman–Crippen LogP) is 5.08. The maximum atomic E-state index is 13.1. The van der Waals surface area contributed by atoms with Crippen molar-refractivity contribution in [3.8, 4) is 11.5 Å². The van der Waals surface area contributed by atoms with Gasteiger partial charge in [-0.25, -0.2) is 9.97 Å². The Bertz CT molecular complexity index is 1170. The Labute approximate surface area is 201 Å². The highest BCUT2D eigenvalue weighted by molar-refractivity contribution is 7.22. The SMILES string of the molecule is COc1ccccc1OCC(=O)N(CCCn1ccnc1)c1nc2c(Cl)cccc2s1.Cl. The second-order valence-corrected chi connectivity index (χ2v) is 8.14. The molecule has 0 radical (unpaired) electrons. The van der Waals surface area contributed by atoms with Crippen molar-refractivity contribution < 1.29 is 14.3 Å². The van der Waals surface area contributed by atoms with Gasteiger partial charge in [0.05, 0.1) is 23.2 Å². The average molecular weight is 493 g/mol. The van der Waals surface area contributed by atoms with Crippen molar-refractivity contribution in [2.24, 2.45) is 0 Å². The molecule has 0 atom stereocenters. The predicted molar refractivity (Wildman–Crippen MR) is 130 cm³/mol. The van der Waals surface area contributed by atoms with E-state index in [2.05, 4.69) is 9.97 Å². The van der Waals surface area contributed by atoms with Gasteiger partial charge in [-0.05, 0) is 30.7 Å². The van der Waals surface area contributed by atoms with E-state index < -0.39 is 0 Å². The number of anilines is 1. The van der Waals surface area contributed by atoms with Gasteiger partial charge in [0.15, 0.2) is 23.2 Å². The molecule has 0 saturated carbocycles. The Kier molecular flexibility index (Phi) is 8.33. The highest BCUT2D eigenvalue weighted by atomic mass is 35.5. The molecule has 0 aliphatic carbocycles. The van der Waals surface area contributed by atoms with Gasteiger partial charge in [0.1, 0.15) is 5.52 Å². The van der Waals surface area contributed by atoms with Crippen molar-refractivity contribution >= 4 is 56.6 Å². The van der Waals surface area contributed by atoms with E-state index in [9.17, 15) is 4.79 Å². The Morgan fingerprint density at radius 1 is 1.19 bits per heavy atom. The van der Waals surface area contributed by atoms with Gasteiger partial charge in [0.25, 0.3) is 5.91 Å². The molecule has 0 spiro atoms.